The number of aromatic carboxylic acids is 1. The van der Waals surface area contributed by atoms with Crippen molar-refractivity contribution in [2.75, 3.05) is 7.11 Å². The highest BCUT2D eigenvalue weighted by Gasteiger charge is 2.14. The van der Waals surface area contributed by atoms with Crippen LogP contribution < -0.4 is 4.74 Å². The van der Waals surface area contributed by atoms with Gasteiger partial charge in [-0.2, -0.15) is 0 Å². The van der Waals surface area contributed by atoms with Crippen molar-refractivity contribution in [1.29, 1.82) is 0 Å². The summed E-state index contributed by atoms with van der Waals surface area (Å²) >= 11 is 0. The van der Waals surface area contributed by atoms with Gasteiger partial charge in [0.2, 0.25) is 0 Å². The zero-order chi connectivity index (χ0) is 17.3. The fourth-order valence-corrected chi connectivity index (χ4v) is 2.77. The van der Waals surface area contributed by atoms with Gasteiger partial charge in [0, 0.05) is 11.1 Å². The molecule has 0 unspecified atom stereocenters. The third-order valence-electron chi connectivity index (χ3n) is 4.06. The van der Waals surface area contributed by atoms with Gasteiger partial charge in [0.05, 0.1) is 12.7 Å². The molecule has 0 aromatic heterocycles. The molecule has 120 valence electrons. The topological polar surface area (TPSA) is 63.6 Å². The average molecular weight is 320 g/mol. The van der Waals surface area contributed by atoms with E-state index in [9.17, 15) is 14.7 Å². The summed E-state index contributed by atoms with van der Waals surface area (Å²) in [4.78, 5) is 24.1. The Hall–Kier alpha value is -3.14. The molecule has 0 bridgehead atoms. The Bertz CT molecular complexity index is 940. The van der Waals surface area contributed by atoms with Crippen LogP contribution in [0.15, 0.2) is 54.6 Å². The van der Waals surface area contributed by atoms with E-state index >= 15 is 0 Å². The Morgan fingerprint density at radius 2 is 1.58 bits per heavy atom. The van der Waals surface area contributed by atoms with Crippen LogP contribution in [0.25, 0.3) is 10.8 Å². The van der Waals surface area contributed by atoms with Crippen molar-refractivity contribution in [2.45, 2.75) is 6.92 Å². The number of carboxylic acids is 1. The first-order chi connectivity index (χ1) is 11.5. The Labute approximate surface area is 139 Å². The van der Waals surface area contributed by atoms with Gasteiger partial charge in [0.25, 0.3) is 0 Å². The summed E-state index contributed by atoms with van der Waals surface area (Å²) in [5.74, 6) is -0.393. The summed E-state index contributed by atoms with van der Waals surface area (Å²) in [6.45, 7) is 1.76. The van der Waals surface area contributed by atoms with Crippen molar-refractivity contribution in [2.24, 2.45) is 0 Å². The predicted octanol–water partition coefficient (Wildman–Crippen LogP) is 4.09. The first kappa shape index (κ1) is 15.7. The molecule has 3 aromatic carbocycles. The molecule has 3 aromatic rings. The smallest absolute Gasteiger partial charge is 0.336 e. The van der Waals surface area contributed by atoms with Crippen LogP contribution >= 0.6 is 0 Å². The molecular weight excluding hydrogens is 304 g/mol. The summed E-state index contributed by atoms with van der Waals surface area (Å²) < 4.78 is 5.09. The number of fused-ring (bicyclic) bond motifs is 1. The second kappa shape index (κ2) is 6.16. The van der Waals surface area contributed by atoms with Crippen LogP contribution in [0.2, 0.25) is 0 Å². The average Bonchev–Trinajstić information content (AvgIpc) is 2.60. The molecule has 24 heavy (non-hydrogen) atoms. The molecule has 0 fully saturated rings. The minimum Gasteiger partial charge on any atom is -0.497 e. The van der Waals surface area contributed by atoms with Crippen LogP contribution in [-0.2, 0) is 0 Å². The summed E-state index contributed by atoms with van der Waals surface area (Å²) in [6.07, 6.45) is 0. The van der Waals surface area contributed by atoms with Crippen molar-refractivity contribution < 1.29 is 19.4 Å². The fourth-order valence-electron chi connectivity index (χ4n) is 2.77. The Kier molecular flexibility index (Phi) is 4.04. The van der Waals surface area contributed by atoms with E-state index < -0.39 is 5.97 Å². The molecule has 0 aliphatic heterocycles. The van der Waals surface area contributed by atoms with E-state index in [4.69, 9.17) is 4.74 Å². The SMILES string of the molecule is COc1ccc(C(=O)c2ccc3c(C(=O)O)c(C)ccc3c2)cc1. The maximum atomic E-state index is 12.6. The summed E-state index contributed by atoms with van der Waals surface area (Å²) in [5, 5.41) is 10.8. The number of rotatable bonds is 4. The first-order valence-corrected chi connectivity index (χ1v) is 7.46. The molecule has 0 saturated carbocycles. The zero-order valence-electron chi connectivity index (χ0n) is 13.4. The Morgan fingerprint density at radius 1 is 0.917 bits per heavy atom. The van der Waals surface area contributed by atoms with E-state index in [1.807, 2.05) is 6.07 Å². The van der Waals surface area contributed by atoms with Gasteiger partial charge < -0.3 is 9.84 Å². The van der Waals surface area contributed by atoms with Crippen LogP contribution in [0.1, 0.15) is 31.8 Å². The van der Waals surface area contributed by atoms with E-state index in [0.29, 0.717) is 27.8 Å². The highest BCUT2D eigenvalue weighted by Crippen LogP contribution is 2.25. The lowest BCUT2D eigenvalue weighted by Crippen LogP contribution is -2.03. The second-order valence-electron chi connectivity index (χ2n) is 5.56. The van der Waals surface area contributed by atoms with Crippen LogP contribution in [0.5, 0.6) is 5.75 Å². The van der Waals surface area contributed by atoms with Crippen LogP contribution in [0.3, 0.4) is 0 Å². The lowest BCUT2D eigenvalue weighted by molar-refractivity contribution is 0.0698. The number of hydrogen-bond acceptors (Lipinski definition) is 3. The van der Waals surface area contributed by atoms with E-state index in [1.165, 1.54) is 0 Å². The molecule has 0 aliphatic carbocycles. The van der Waals surface area contributed by atoms with Crippen LogP contribution in [0.4, 0.5) is 0 Å². The third kappa shape index (κ3) is 2.74. The number of hydrogen-bond donors (Lipinski definition) is 1. The van der Waals surface area contributed by atoms with Gasteiger partial charge in [-0.1, -0.05) is 24.3 Å². The fraction of sp³-hybridized carbons (Fsp3) is 0.100. The van der Waals surface area contributed by atoms with Crippen LogP contribution in [-0.4, -0.2) is 24.0 Å². The normalized spacial score (nSPS) is 10.6. The molecule has 4 heteroatoms. The third-order valence-corrected chi connectivity index (χ3v) is 4.06. The predicted molar refractivity (Wildman–Crippen MR) is 92.1 cm³/mol. The van der Waals surface area contributed by atoms with Gasteiger partial charge >= 0.3 is 5.97 Å². The molecule has 3 rings (SSSR count). The standard InChI is InChI=1S/C20H16O4/c1-12-3-4-14-11-15(7-10-17(14)18(12)20(22)23)19(21)13-5-8-16(24-2)9-6-13/h3-11H,1-2H3,(H,22,23). The number of carboxylic acid groups (broad SMARTS) is 1. The lowest BCUT2D eigenvalue weighted by Gasteiger charge is -2.08. The molecule has 0 saturated heterocycles. The van der Waals surface area contributed by atoms with E-state index in [0.717, 1.165) is 5.39 Å². The first-order valence-electron chi connectivity index (χ1n) is 7.46. The van der Waals surface area contributed by atoms with Gasteiger partial charge in [-0.3, -0.25) is 4.79 Å². The number of aryl methyl sites for hydroxylation is 1. The molecule has 4 nitrogen and oxygen atoms in total. The molecule has 0 atom stereocenters. The van der Waals surface area contributed by atoms with E-state index in [1.54, 1.807) is 62.6 Å². The quantitative estimate of drug-likeness (QED) is 0.736. The molecule has 0 heterocycles. The monoisotopic (exact) mass is 320 g/mol. The van der Waals surface area contributed by atoms with Crippen molar-refractivity contribution in [3.05, 3.63) is 76.9 Å². The van der Waals surface area contributed by atoms with Crippen molar-refractivity contribution in [3.8, 4) is 5.75 Å². The molecular formula is C20H16O4. The van der Waals surface area contributed by atoms with E-state index in [2.05, 4.69) is 0 Å². The number of methoxy groups -OCH3 is 1. The second-order valence-corrected chi connectivity index (χ2v) is 5.56. The minimum absolute atomic E-state index is 0.114. The minimum atomic E-state index is -0.965. The zero-order valence-corrected chi connectivity index (χ0v) is 13.4. The van der Waals surface area contributed by atoms with Crippen LogP contribution in [0, 0.1) is 6.92 Å². The van der Waals surface area contributed by atoms with Crippen molar-refractivity contribution in [1.82, 2.24) is 0 Å². The molecule has 0 spiro atoms. The Balaban J connectivity index is 2.06. The number of carbonyl (C=O) groups is 2. The summed E-state index contributed by atoms with van der Waals surface area (Å²) in [6, 6.07) is 15.6. The largest absolute Gasteiger partial charge is 0.497 e. The highest BCUT2D eigenvalue weighted by molar-refractivity contribution is 6.12. The number of benzene rings is 3. The maximum absolute atomic E-state index is 12.6. The summed E-state index contributed by atoms with van der Waals surface area (Å²) in [5.41, 5.74) is 2.05. The molecule has 0 radical (unpaired) electrons. The van der Waals surface area contributed by atoms with Gasteiger partial charge in [-0.25, -0.2) is 4.79 Å². The van der Waals surface area contributed by atoms with Gasteiger partial charge in [-0.05, 0) is 53.6 Å². The summed E-state index contributed by atoms with van der Waals surface area (Å²) in [7, 11) is 1.57. The highest BCUT2D eigenvalue weighted by atomic mass is 16.5. The molecule has 0 amide bonds. The molecule has 1 N–H and O–H groups in total. The van der Waals surface area contributed by atoms with Crippen molar-refractivity contribution >= 4 is 22.5 Å². The van der Waals surface area contributed by atoms with Gasteiger partial charge in [0.1, 0.15) is 5.75 Å². The number of carbonyl (C=O) groups excluding carboxylic acids is 1. The van der Waals surface area contributed by atoms with Gasteiger partial charge in [-0.15, -0.1) is 0 Å². The van der Waals surface area contributed by atoms with Crippen molar-refractivity contribution in [3.63, 3.8) is 0 Å². The number of ether oxygens (including phenoxy) is 1. The van der Waals surface area contributed by atoms with Gasteiger partial charge in [0.15, 0.2) is 5.78 Å². The Morgan fingerprint density at radius 3 is 2.21 bits per heavy atom. The van der Waals surface area contributed by atoms with E-state index in [-0.39, 0.29) is 11.3 Å². The lowest BCUT2D eigenvalue weighted by atomic mass is 9.95. The maximum Gasteiger partial charge on any atom is 0.336 e. The number of ketones is 1. The molecule has 0 aliphatic rings.